The third-order valence-electron chi connectivity index (χ3n) is 5.05. The summed E-state index contributed by atoms with van der Waals surface area (Å²) in [6.07, 6.45) is -7.01. The summed E-state index contributed by atoms with van der Waals surface area (Å²) in [4.78, 5) is 12.2. The summed E-state index contributed by atoms with van der Waals surface area (Å²) in [5.41, 5.74) is -0.0579. The highest BCUT2D eigenvalue weighted by Crippen LogP contribution is 2.31. The number of para-hydroxylation sites is 1. The van der Waals surface area contributed by atoms with E-state index in [1.165, 1.54) is 12.1 Å². The summed E-state index contributed by atoms with van der Waals surface area (Å²) in [5, 5.41) is 8.93. The Hall–Kier alpha value is -2.89. The molecule has 2 aromatic carbocycles. The minimum atomic E-state index is -4.51. The molecule has 0 radical (unpaired) electrons. The lowest BCUT2D eigenvalue weighted by Gasteiger charge is -2.20. The van der Waals surface area contributed by atoms with Crippen molar-refractivity contribution in [1.29, 1.82) is 0 Å². The second kappa shape index (κ2) is 9.31. The van der Waals surface area contributed by atoms with E-state index in [1.807, 2.05) is 30.3 Å². The predicted octanol–water partition coefficient (Wildman–Crippen LogP) is 3.78. The fourth-order valence-electron chi connectivity index (χ4n) is 3.60. The van der Waals surface area contributed by atoms with Gasteiger partial charge >= 0.3 is 12.3 Å². The van der Waals surface area contributed by atoms with Crippen LogP contribution in [0.15, 0.2) is 54.6 Å². The van der Waals surface area contributed by atoms with Crippen molar-refractivity contribution in [2.45, 2.75) is 30.5 Å². The van der Waals surface area contributed by atoms with Crippen LogP contribution in [-0.2, 0) is 20.4 Å². The summed E-state index contributed by atoms with van der Waals surface area (Å²) in [6, 6.07) is 13.5. The molecule has 0 bridgehead atoms. The van der Waals surface area contributed by atoms with Crippen molar-refractivity contribution in [3.05, 3.63) is 60.2 Å². The van der Waals surface area contributed by atoms with Crippen molar-refractivity contribution in [2.75, 3.05) is 23.8 Å². The van der Waals surface area contributed by atoms with Crippen molar-refractivity contribution in [1.82, 2.24) is 5.32 Å². The van der Waals surface area contributed by atoms with Gasteiger partial charge in [0.05, 0.1) is 24.8 Å². The molecule has 3 N–H and O–H groups in total. The Labute approximate surface area is 187 Å². The minimum Gasteiger partial charge on any atom is -0.441 e. The first-order chi connectivity index (χ1) is 15.3. The fraction of sp³-hybridized carbons (Fsp3) is 0.333. The van der Waals surface area contributed by atoms with Gasteiger partial charge in [0.2, 0.25) is 0 Å². The Bertz CT molecular complexity index is 976. The van der Waals surface area contributed by atoms with Crippen LogP contribution in [0.25, 0.3) is 0 Å². The third-order valence-corrected chi connectivity index (χ3v) is 5.27. The fourth-order valence-corrected chi connectivity index (χ4v) is 3.87. The summed E-state index contributed by atoms with van der Waals surface area (Å²) in [6.45, 7) is 0.392. The van der Waals surface area contributed by atoms with Gasteiger partial charge in [0.1, 0.15) is 12.2 Å². The molecule has 2 heterocycles. The van der Waals surface area contributed by atoms with Crippen LogP contribution in [0.1, 0.15) is 5.56 Å². The van der Waals surface area contributed by atoms with E-state index >= 15 is 0 Å². The molecule has 2 aliphatic heterocycles. The number of hydrogen-bond donors (Lipinski definition) is 3. The van der Waals surface area contributed by atoms with Crippen LogP contribution >= 0.6 is 12.2 Å². The smallest absolute Gasteiger partial charge is 0.416 e. The van der Waals surface area contributed by atoms with Gasteiger partial charge in [-0.3, -0.25) is 5.32 Å². The zero-order chi connectivity index (χ0) is 22.7. The number of nitrogens with one attached hydrogen (secondary N) is 3. The number of halogens is 3. The SMILES string of the molecule is O=C(Nc1cccc(C(F)(F)F)c1)O[C@@H]1CO[C@H]2[C@@H]1OC[C@@H]2NC(=S)Nc1ccccc1. The van der Waals surface area contributed by atoms with E-state index in [2.05, 4.69) is 16.0 Å². The van der Waals surface area contributed by atoms with E-state index in [1.54, 1.807) is 0 Å². The molecule has 0 aromatic heterocycles. The number of ether oxygens (including phenoxy) is 3. The van der Waals surface area contributed by atoms with Crippen LogP contribution < -0.4 is 16.0 Å². The lowest BCUT2D eigenvalue weighted by molar-refractivity contribution is -0.137. The molecule has 2 saturated heterocycles. The van der Waals surface area contributed by atoms with Crippen LogP contribution in [0.3, 0.4) is 0 Å². The maximum atomic E-state index is 12.8. The molecule has 4 rings (SSSR count). The van der Waals surface area contributed by atoms with Crippen molar-refractivity contribution in [2.24, 2.45) is 0 Å². The number of alkyl halides is 3. The first-order valence-electron chi connectivity index (χ1n) is 9.80. The van der Waals surface area contributed by atoms with Gasteiger partial charge in [-0.05, 0) is 42.5 Å². The van der Waals surface area contributed by atoms with E-state index in [4.69, 9.17) is 26.4 Å². The maximum absolute atomic E-state index is 12.8. The molecule has 4 atom stereocenters. The van der Waals surface area contributed by atoms with E-state index < -0.39 is 36.1 Å². The summed E-state index contributed by atoms with van der Waals surface area (Å²) in [7, 11) is 0. The number of amides is 1. The minimum absolute atomic E-state index is 0.0236. The number of benzene rings is 2. The Kier molecular flexibility index (Phi) is 6.49. The van der Waals surface area contributed by atoms with Gasteiger partial charge in [-0.25, -0.2) is 4.79 Å². The first-order valence-corrected chi connectivity index (χ1v) is 10.2. The van der Waals surface area contributed by atoms with Crippen LogP contribution in [0.2, 0.25) is 0 Å². The number of hydrogen-bond acceptors (Lipinski definition) is 5. The Morgan fingerprint density at radius 3 is 2.44 bits per heavy atom. The Balaban J connectivity index is 1.29. The molecule has 0 saturated carbocycles. The zero-order valence-corrected chi connectivity index (χ0v) is 17.4. The molecule has 2 aliphatic rings. The van der Waals surface area contributed by atoms with Crippen molar-refractivity contribution >= 4 is 34.8 Å². The average molecular weight is 467 g/mol. The molecular formula is C21H20F3N3O4S. The quantitative estimate of drug-likeness (QED) is 0.591. The van der Waals surface area contributed by atoms with Crippen LogP contribution in [0.4, 0.5) is 29.3 Å². The molecule has 2 aromatic rings. The highest BCUT2D eigenvalue weighted by molar-refractivity contribution is 7.80. The predicted molar refractivity (Wildman–Crippen MR) is 114 cm³/mol. The molecule has 32 heavy (non-hydrogen) atoms. The number of fused-ring (bicyclic) bond motifs is 1. The van der Waals surface area contributed by atoms with E-state index in [-0.39, 0.29) is 18.3 Å². The second-order valence-electron chi connectivity index (χ2n) is 7.31. The maximum Gasteiger partial charge on any atom is 0.416 e. The number of carbonyl (C=O) groups excluding carboxylic acids is 1. The number of thiocarbonyl (C=S) groups is 1. The number of carbonyl (C=O) groups is 1. The molecule has 0 aliphatic carbocycles. The van der Waals surface area contributed by atoms with Crippen molar-refractivity contribution in [3.8, 4) is 0 Å². The monoisotopic (exact) mass is 467 g/mol. The Morgan fingerprint density at radius 2 is 1.69 bits per heavy atom. The lowest BCUT2D eigenvalue weighted by atomic mass is 10.1. The van der Waals surface area contributed by atoms with E-state index in [0.717, 1.165) is 17.8 Å². The van der Waals surface area contributed by atoms with Crippen LogP contribution in [0.5, 0.6) is 0 Å². The number of anilines is 2. The molecule has 11 heteroatoms. The van der Waals surface area contributed by atoms with Crippen molar-refractivity contribution < 1.29 is 32.2 Å². The topological polar surface area (TPSA) is 80.9 Å². The zero-order valence-electron chi connectivity index (χ0n) is 16.6. The van der Waals surface area contributed by atoms with Crippen LogP contribution in [0, 0.1) is 0 Å². The summed E-state index contributed by atoms with van der Waals surface area (Å²) >= 11 is 5.33. The van der Waals surface area contributed by atoms with Gasteiger partial charge in [0.15, 0.2) is 11.2 Å². The Morgan fingerprint density at radius 1 is 0.969 bits per heavy atom. The van der Waals surface area contributed by atoms with Gasteiger partial charge in [0, 0.05) is 11.4 Å². The van der Waals surface area contributed by atoms with E-state index in [0.29, 0.717) is 11.7 Å². The lowest BCUT2D eigenvalue weighted by Crippen LogP contribution is -2.46. The standard InChI is InChI=1S/C21H20F3N3O4S/c22-21(23,24)12-5-4-8-14(9-12)26-20(28)31-16-11-30-17-15(10-29-18(16)17)27-19(32)25-13-6-2-1-3-7-13/h1-9,15-18H,10-11H2,(H,26,28)(H2,25,27,32)/t15-,16+,17+,18+/m0/s1. The molecule has 0 unspecified atom stereocenters. The normalized spacial score (nSPS) is 24.5. The second-order valence-corrected chi connectivity index (χ2v) is 7.72. The van der Waals surface area contributed by atoms with E-state index in [9.17, 15) is 18.0 Å². The van der Waals surface area contributed by atoms with Gasteiger partial charge in [-0.2, -0.15) is 13.2 Å². The van der Waals surface area contributed by atoms with Crippen LogP contribution in [-0.4, -0.2) is 48.8 Å². The third kappa shape index (κ3) is 5.29. The molecule has 170 valence electrons. The molecule has 0 spiro atoms. The number of rotatable bonds is 4. The largest absolute Gasteiger partial charge is 0.441 e. The van der Waals surface area contributed by atoms with Gasteiger partial charge < -0.3 is 24.8 Å². The highest BCUT2D eigenvalue weighted by Gasteiger charge is 2.49. The average Bonchev–Trinajstić information content (AvgIpc) is 3.32. The molecule has 7 nitrogen and oxygen atoms in total. The van der Waals surface area contributed by atoms with Gasteiger partial charge in [-0.1, -0.05) is 24.3 Å². The highest BCUT2D eigenvalue weighted by atomic mass is 32.1. The van der Waals surface area contributed by atoms with Gasteiger partial charge in [0.25, 0.3) is 0 Å². The summed E-state index contributed by atoms with van der Waals surface area (Å²) in [5.74, 6) is 0. The van der Waals surface area contributed by atoms with Crippen molar-refractivity contribution in [3.63, 3.8) is 0 Å². The first kappa shape index (κ1) is 22.3. The molecular weight excluding hydrogens is 447 g/mol. The summed E-state index contributed by atoms with van der Waals surface area (Å²) < 4.78 is 55.3. The van der Waals surface area contributed by atoms with Gasteiger partial charge in [-0.15, -0.1) is 0 Å². The molecule has 2 fully saturated rings. The molecule has 1 amide bonds.